The lowest BCUT2D eigenvalue weighted by molar-refractivity contribution is -0.148. The second-order valence-corrected chi connectivity index (χ2v) is 9.80. The van der Waals surface area contributed by atoms with Crippen LogP contribution >= 0.6 is 0 Å². The van der Waals surface area contributed by atoms with Crippen molar-refractivity contribution < 1.29 is 17.9 Å². The van der Waals surface area contributed by atoms with E-state index in [-0.39, 0.29) is 27.5 Å². The number of ether oxygens (including phenoxy) is 1. The van der Waals surface area contributed by atoms with Gasteiger partial charge in [0.1, 0.15) is 5.82 Å². The Morgan fingerprint density at radius 3 is 2.67 bits per heavy atom. The van der Waals surface area contributed by atoms with E-state index in [1.807, 2.05) is 29.2 Å². The van der Waals surface area contributed by atoms with Crippen molar-refractivity contribution >= 4 is 38.2 Å². The fourth-order valence-corrected chi connectivity index (χ4v) is 5.53. The molecule has 2 aromatic carbocycles. The molecule has 1 aliphatic rings. The van der Waals surface area contributed by atoms with Crippen molar-refractivity contribution in [3.8, 4) is 0 Å². The first-order valence-corrected chi connectivity index (χ1v) is 12.3. The van der Waals surface area contributed by atoms with E-state index >= 15 is 0 Å². The van der Waals surface area contributed by atoms with E-state index in [2.05, 4.69) is 10.3 Å². The minimum atomic E-state index is -3.92. The van der Waals surface area contributed by atoms with Crippen LogP contribution < -0.4 is 4.90 Å². The van der Waals surface area contributed by atoms with Gasteiger partial charge in [0.25, 0.3) is 0 Å². The molecule has 0 radical (unpaired) electrons. The summed E-state index contributed by atoms with van der Waals surface area (Å²) in [6.45, 7) is 3.28. The van der Waals surface area contributed by atoms with Gasteiger partial charge in [-0.1, -0.05) is 35.5 Å². The van der Waals surface area contributed by atoms with Crippen molar-refractivity contribution in [1.82, 2.24) is 19.8 Å². The number of rotatable bonds is 5. The van der Waals surface area contributed by atoms with Crippen LogP contribution in [-0.4, -0.2) is 53.9 Å². The summed E-state index contributed by atoms with van der Waals surface area (Å²) in [4.78, 5) is 19.3. The maximum atomic E-state index is 13.3. The molecule has 0 aliphatic carbocycles. The molecule has 1 saturated heterocycles. The number of hydrogen-bond acceptors (Lipinski definition) is 8. The number of piperidine rings is 1. The number of carbonyl (C=O) groups excluding carboxylic acids is 1. The summed E-state index contributed by atoms with van der Waals surface area (Å²) in [7, 11) is -3.92. The number of nitrogens with zero attached hydrogens (tertiary/aromatic N) is 5. The van der Waals surface area contributed by atoms with Gasteiger partial charge in [-0.25, -0.2) is 13.4 Å². The molecule has 9 nitrogen and oxygen atoms in total. The quantitative estimate of drug-likeness (QED) is 0.414. The molecule has 33 heavy (non-hydrogen) atoms. The average molecular weight is 466 g/mol. The van der Waals surface area contributed by atoms with E-state index in [1.165, 1.54) is 16.6 Å². The number of carbonyl (C=O) groups is 1. The third-order valence-corrected chi connectivity index (χ3v) is 7.52. The van der Waals surface area contributed by atoms with E-state index in [1.54, 1.807) is 25.1 Å². The van der Waals surface area contributed by atoms with Crippen LogP contribution in [0.25, 0.3) is 16.6 Å². The summed E-state index contributed by atoms with van der Waals surface area (Å²) in [5, 5.41) is 8.76. The molecule has 4 aromatic rings. The first-order chi connectivity index (χ1) is 16.0. The van der Waals surface area contributed by atoms with Gasteiger partial charge in [-0.2, -0.15) is 4.52 Å². The largest absolute Gasteiger partial charge is 0.466 e. The monoisotopic (exact) mass is 465 g/mol. The molecule has 0 N–H and O–H groups in total. The summed E-state index contributed by atoms with van der Waals surface area (Å²) < 4.78 is 33.3. The summed E-state index contributed by atoms with van der Waals surface area (Å²) >= 11 is 0. The number of aromatic nitrogens is 4. The highest BCUT2D eigenvalue weighted by atomic mass is 32.2. The van der Waals surface area contributed by atoms with Crippen molar-refractivity contribution in [3.63, 3.8) is 0 Å². The predicted molar refractivity (Wildman–Crippen MR) is 122 cm³/mol. The smallest absolute Gasteiger partial charge is 0.310 e. The summed E-state index contributed by atoms with van der Waals surface area (Å²) in [6.07, 6.45) is 1.55. The van der Waals surface area contributed by atoms with Crippen molar-refractivity contribution in [3.05, 3.63) is 54.6 Å². The molecule has 1 atom stereocenters. The Morgan fingerprint density at radius 2 is 1.88 bits per heavy atom. The first-order valence-electron chi connectivity index (χ1n) is 10.9. The minimum absolute atomic E-state index is 0.129. The second-order valence-electron chi connectivity index (χ2n) is 7.94. The first kappa shape index (κ1) is 21.3. The Hall–Kier alpha value is -3.53. The van der Waals surface area contributed by atoms with E-state index < -0.39 is 9.84 Å². The van der Waals surface area contributed by atoms with Gasteiger partial charge in [-0.05, 0) is 44.0 Å². The Morgan fingerprint density at radius 1 is 1.12 bits per heavy atom. The number of sulfone groups is 1. The fourth-order valence-electron chi connectivity index (χ4n) is 4.28. The molecular formula is C23H23N5O4S. The Bertz CT molecular complexity index is 1440. The number of esters is 1. The molecule has 170 valence electrons. The fraction of sp³-hybridized carbons (Fsp3) is 0.304. The summed E-state index contributed by atoms with van der Waals surface area (Å²) in [5.41, 5.74) is 0.851. The zero-order valence-electron chi connectivity index (χ0n) is 18.1. The Labute approximate surface area is 190 Å². The highest BCUT2D eigenvalue weighted by Gasteiger charge is 2.31. The van der Waals surface area contributed by atoms with Crippen molar-refractivity contribution in [2.75, 3.05) is 24.6 Å². The standard InChI is InChI=1S/C23H23N5O4S/c1-2-32-23(29)16-9-8-14-27(15-16)20-18-12-6-7-13-19(18)28-21(24-20)22(25-26-28)33(30,31)17-10-4-3-5-11-17/h3-7,10-13,16H,2,8-9,14-15H2,1H3. The molecule has 2 aromatic heterocycles. The number of fused-ring (bicyclic) bond motifs is 3. The van der Waals surface area contributed by atoms with Crippen molar-refractivity contribution in [2.45, 2.75) is 29.7 Å². The lowest BCUT2D eigenvalue weighted by Crippen LogP contribution is -2.40. The lowest BCUT2D eigenvalue weighted by atomic mass is 9.98. The topological polar surface area (TPSA) is 107 Å². The van der Waals surface area contributed by atoms with Crippen LogP contribution in [0.5, 0.6) is 0 Å². The number of anilines is 1. The van der Waals surface area contributed by atoms with Crippen LogP contribution in [-0.2, 0) is 19.4 Å². The van der Waals surface area contributed by atoms with Gasteiger partial charge in [0.05, 0.1) is 22.9 Å². The van der Waals surface area contributed by atoms with E-state index in [0.29, 0.717) is 31.0 Å². The molecule has 0 bridgehead atoms. The number of hydrogen-bond donors (Lipinski definition) is 0. The molecule has 10 heteroatoms. The van der Waals surface area contributed by atoms with Gasteiger partial charge >= 0.3 is 5.97 Å². The van der Waals surface area contributed by atoms with Crippen LogP contribution in [0.1, 0.15) is 19.8 Å². The van der Waals surface area contributed by atoms with E-state index in [4.69, 9.17) is 9.72 Å². The molecule has 0 spiro atoms. The van der Waals surface area contributed by atoms with Crippen LogP contribution in [0.3, 0.4) is 0 Å². The molecule has 0 saturated carbocycles. The normalized spacial score (nSPS) is 16.9. The molecule has 5 rings (SSSR count). The van der Waals surface area contributed by atoms with Crippen LogP contribution in [0, 0.1) is 5.92 Å². The molecule has 1 unspecified atom stereocenters. The van der Waals surface area contributed by atoms with Crippen LogP contribution in [0.2, 0.25) is 0 Å². The van der Waals surface area contributed by atoms with Gasteiger partial charge < -0.3 is 9.64 Å². The Kier molecular flexibility index (Phi) is 5.45. The zero-order chi connectivity index (χ0) is 23.0. The van der Waals surface area contributed by atoms with Crippen LogP contribution in [0.4, 0.5) is 5.82 Å². The predicted octanol–water partition coefficient (Wildman–Crippen LogP) is 2.89. The Balaban J connectivity index is 1.66. The second kappa shape index (κ2) is 8.43. The highest BCUT2D eigenvalue weighted by Crippen LogP contribution is 2.32. The minimum Gasteiger partial charge on any atom is -0.466 e. The lowest BCUT2D eigenvalue weighted by Gasteiger charge is -2.33. The third-order valence-electron chi connectivity index (χ3n) is 5.85. The maximum Gasteiger partial charge on any atom is 0.310 e. The van der Waals surface area contributed by atoms with Crippen molar-refractivity contribution in [2.24, 2.45) is 5.92 Å². The van der Waals surface area contributed by atoms with Crippen molar-refractivity contribution in [1.29, 1.82) is 0 Å². The third kappa shape index (κ3) is 3.70. The van der Waals surface area contributed by atoms with Gasteiger partial charge in [0, 0.05) is 18.5 Å². The van der Waals surface area contributed by atoms with Gasteiger partial charge in [0.15, 0.2) is 5.65 Å². The molecular weight excluding hydrogens is 442 g/mol. The van der Waals surface area contributed by atoms with Crippen LogP contribution in [0.15, 0.2) is 64.5 Å². The molecule has 1 aliphatic heterocycles. The van der Waals surface area contributed by atoms with E-state index in [9.17, 15) is 13.2 Å². The summed E-state index contributed by atoms with van der Waals surface area (Å²) in [5.74, 6) is 0.135. The van der Waals surface area contributed by atoms with Gasteiger partial charge in [-0.15, -0.1) is 5.10 Å². The zero-order valence-corrected chi connectivity index (χ0v) is 18.9. The maximum absolute atomic E-state index is 13.3. The van der Waals surface area contributed by atoms with Gasteiger partial charge in [-0.3, -0.25) is 4.79 Å². The average Bonchev–Trinajstić information content (AvgIpc) is 3.29. The number of benzene rings is 2. The summed E-state index contributed by atoms with van der Waals surface area (Å²) in [6, 6.07) is 15.6. The SMILES string of the molecule is CCOC(=O)C1CCCN(c2nc3c(S(=O)(=O)c4ccccc4)nnn3c3ccccc23)C1. The highest BCUT2D eigenvalue weighted by molar-refractivity contribution is 7.91. The molecule has 3 heterocycles. The molecule has 1 fully saturated rings. The molecule has 0 amide bonds. The van der Waals surface area contributed by atoms with E-state index in [0.717, 1.165) is 18.2 Å². The van der Waals surface area contributed by atoms with Gasteiger partial charge in [0.2, 0.25) is 14.9 Å². The number of para-hydroxylation sites is 1.